The number of nitro groups is 1. The van der Waals surface area contributed by atoms with Crippen molar-refractivity contribution in [2.75, 3.05) is 5.75 Å². The second kappa shape index (κ2) is 6.29. The predicted molar refractivity (Wildman–Crippen MR) is 74.6 cm³/mol. The van der Waals surface area contributed by atoms with Gasteiger partial charge in [0.1, 0.15) is 5.82 Å². The van der Waals surface area contributed by atoms with Gasteiger partial charge in [-0.3, -0.25) is 14.9 Å². The first-order valence-electron chi connectivity index (χ1n) is 5.73. The summed E-state index contributed by atoms with van der Waals surface area (Å²) in [5.41, 5.74) is 0.363. The maximum Gasteiger partial charge on any atom is 0.282 e. The highest BCUT2D eigenvalue weighted by molar-refractivity contribution is 8.00. The maximum atomic E-state index is 12.8. The Morgan fingerprint density at radius 1 is 1.15 bits per heavy atom. The van der Waals surface area contributed by atoms with Crippen molar-refractivity contribution in [3.63, 3.8) is 0 Å². The van der Waals surface area contributed by atoms with Crippen LogP contribution in [-0.2, 0) is 0 Å². The van der Waals surface area contributed by atoms with Gasteiger partial charge in [0.15, 0.2) is 5.78 Å². The summed E-state index contributed by atoms with van der Waals surface area (Å²) >= 11 is 1.10. The molecule has 0 aliphatic rings. The summed E-state index contributed by atoms with van der Waals surface area (Å²) < 4.78 is 12.8. The molecular formula is C14H10FNO3S. The molecule has 0 heterocycles. The van der Waals surface area contributed by atoms with Crippen molar-refractivity contribution in [1.82, 2.24) is 0 Å². The fourth-order valence-electron chi connectivity index (χ4n) is 1.59. The normalized spacial score (nSPS) is 10.2. The van der Waals surface area contributed by atoms with E-state index in [9.17, 15) is 19.3 Å². The van der Waals surface area contributed by atoms with E-state index in [0.717, 1.165) is 11.8 Å². The van der Waals surface area contributed by atoms with Gasteiger partial charge in [-0.2, -0.15) is 0 Å². The Morgan fingerprint density at radius 2 is 1.80 bits per heavy atom. The molecule has 0 aliphatic heterocycles. The van der Waals surface area contributed by atoms with Crippen LogP contribution in [0.15, 0.2) is 53.4 Å². The van der Waals surface area contributed by atoms with Crippen LogP contribution in [0.2, 0.25) is 0 Å². The highest BCUT2D eigenvalue weighted by atomic mass is 32.2. The van der Waals surface area contributed by atoms with E-state index in [1.165, 1.54) is 30.3 Å². The van der Waals surface area contributed by atoms with E-state index in [4.69, 9.17) is 0 Å². The molecule has 0 aliphatic carbocycles. The Kier molecular flexibility index (Phi) is 4.47. The Bertz CT molecular complexity index is 643. The number of halogens is 1. The Balaban J connectivity index is 2.07. The zero-order valence-electron chi connectivity index (χ0n) is 10.3. The molecule has 2 rings (SSSR count). The number of rotatable bonds is 5. The average Bonchev–Trinajstić information content (AvgIpc) is 2.45. The highest BCUT2D eigenvalue weighted by Crippen LogP contribution is 2.29. The molecule has 0 fully saturated rings. The Labute approximate surface area is 118 Å². The van der Waals surface area contributed by atoms with Crippen LogP contribution >= 0.6 is 11.8 Å². The van der Waals surface area contributed by atoms with Crippen LogP contribution in [0.4, 0.5) is 10.1 Å². The van der Waals surface area contributed by atoms with Crippen LogP contribution in [-0.4, -0.2) is 16.5 Å². The minimum atomic E-state index is -0.481. The number of thioether (sulfide) groups is 1. The highest BCUT2D eigenvalue weighted by Gasteiger charge is 2.14. The number of hydrogen-bond acceptors (Lipinski definition) is 4. The van der Waals surface area contributed by atoms with Gasteiger partial charge in [-0.1, -0.05) is 12.1 Å². The molecule has 0 spiro atoms. The summed E-state index contributed by atoms with van der Waals surface area (Å²) in [5, 5.41) is 10.8. The number of ketones is 1. The third-order valence-corrected chi connectivity index (χ3v) is 3.65. The van der Waals surface area contributed by atoms with Crippen LogP contribution in [0, 0.1) is 15.9 Å². The number of carbonyl (C=O) groups is 1. The molecule has 0 saturated heterocycles. The number of carbonyl (C=O) groups excluding carboxylic acids is 1. The first-order valence-corrected chi connectivity index (χ1v) is 6.71. The van der Waals surface area contributed by atoms with E-state index in [1.807, 2.05) is 0 Å². The predicted octanol–water partition coefficient (Wildman–Crippen LogP) is 3.71. The molecule has 2 aromatic carbocycles. The van der Waals surface area contributed by atoms with Crippen molar-refractivity contribution in [1.29, 1.82) is 0 Å². The Morgan fingerprint density at radius 3 is 2.45 bits per heavy atom. The minimum Gasteiger partial charge on any atom is -0.293 e. The molecule has 2 aromatic rings. The average molecular weight is 291 g/mol. The van der Waals surface area contributed by atoms with E-state index >= 15 is 0 Å². The van der Waals surface area contributed by atoms with E-state index < -0.39 is 10.7 Å². The molecule has 0 bridgehead atoms. The largest absolute Gasteiger partial charge is 0.293 e. The van der Waals surface area contributed by atoms with Gasteiger partial charge in [0.05, 0.1) is 15.6 Å². The van der Waals surface area contributed by atoms with Crippen molar-refractivity contribution < 1.29 is 14.1 Å². The lowest BCUT2D eigenvalue weighted by Crippen LogP contribution is -2.02. The third-order valence-electron chi connectivity index (χ3n) is 2.59. The zero-order valence-corrected chi connectivity index (χ0v) is 11.1. The van der Waals surface area contributed by atoms with Crippen LogP contribution in [0.25, 0.3) is 0 Å². The molecule has 4 nitrogen and oxygen atoms in total. The topological polar surface area (TPSA) is 60.2 Å². The summed E-state index contributed by atoms with van der Waals surface area (Å²) in [5.74, 6) is -0.544. The van der Waals surface area contributed by atoms with Crippen molar-refractivity contribution in [3.8, 4) is 0 Å². The molecule has 102 valence electrons. The number of hydrogen-bond donors (Lipinski definition) is 0. The SMILES string of the molecule is O=C(CSc1ccccc1[N+](=O)[O-])c1ccc(F)cc1. The molecule has 0 aromatic heterocycles. The van der Waals surface area contributed by atoms with Crippen molar-refractivity contribution >= 4 is 23.2 Å². The molecule has 6 heteroatoms. The van der Waals surface area contributed by atoms with E-state index in [-0.39, 0.29) is 17.2 Å². The van der Waals surface area contributed by atoms with Crippen LogP contribution in [0.1, 0.15) is 10.4 Å². The summed E-state index contributed by atoms with van der Waals surface area (Å²) in [6.45, 7) is 0. The van der Waals surface area contributed by atoms with Crippen LogP contribution in [0.3, 0.4) is 0 Å². The first-order chi connectivity index (χ1) is 9.58. The second-order valence-corrected chi connectivity index (χ2v) is 4.96. The second-order valence-electron chi connectivity index (χ2n) is 3.94. The molecule has 0 amide bonds. The van der Waals surface area contributed by atoms with E-state index in [0.29, 0.717) is 10.5 Å². The number of Topliss-reactive ketones (excluding diaryl/α,β-unsaturated/α-hetero) is 1. The van der Waals surface area contributed by atoms with Gasteiger partial charge in [0, 0.05) is 11.6 Å². The van der Waals surface area contributed by atoms with Crippen molar-refractivity contribution in [2.24, 2.45) is 0 Å². The summed E-state index contributed by atoms with van der Waals surface area (Å²) in [4.78, 5) is 22.7. The first kappa shape index (κ1) is 14.2. The minimum absolute atomic E-state index is 0.0237. The Hall–Kier alpha value is -2.21. The van der Waals surface area contributed by atoms with Gasteiger partial charge in [0.2, 0.25) is 0 Å². The lowest BCUT2D eigenvalue weighted by Gasteiger charge is -2.03. The van der Waals surface area contributed by atoms with Gasteiger partial charge in [-0.15, -0.1) is 11.8 Å². The quantitative estimate of drug-likeness (QED) is 0.364. The number of benzene rings is 2. The number of nitrogens with zero attached hydrogens (tertiary/aromatic N) is 1. The molecule has 20 heavy (non-hydrogen) atoms. The molecular weight excluding hydrogens is 281 g/mol. The van der Waals surface area contributed by atoms with Crippen molar-refractivity contribution in [2.45, 2.75) is 4.90 Å². The van der Waals surface area contributed by atoms with Crippen LogP contribution in [0.5, 0.6) is 0 Å². The monoisotopic (exact) mass is 291 g/mol. The van der Waals surface area contributed by atoms with Crippen LogP contribution < -0.4 is 0 Å². The zero-order chi connectivity index (χ0) is 14.5. The van der Waals surface area contributed by atoms with E-state index in [2.05, 4.69) is 0 Å². The fraction of sp³-hybridized carbons (Fsp3) is 0.0714. The summed E-state index contributed by atoms with van der Waals surface area (Å²) in [7, 11) is 0. The number of para-hydroxylation sites is 1. The summed E-state index contributed by atoms with van der Waals surface area (Å²) in [6.07, 6.45) is 0. The molecule has 0 unspecified atom stereocenters. The fourth-order valence-corrected chi connectivity index (χ4v) is 2.51. The molecule has 0 atom stereocenters. The van der Waals surface area contributed by atoms with Gasteiger partial charge >= 0.3 is 0 Å². The molecule has 0 radical (unpaired) electrons. The standard InChI is InChI=1S/C14H10FNO3S/c15-11-7-5-10(6-8-11)13(17)9-20-14-4-2-1-3-12(14)16(18)19/h1-8H,9H2. The van der Waals surface area contributed by atoms with Gasteiger partial charge in [-0.25, -0.2) is 4.39 Å². The lowest BCUT2D eigenvalue weighted by molar-refractivity contribution is -0.387. The number of nitro benzene ring substituents is 1. The van der Waals surface area contributed by atoms with E-state index in [1.54, 1.807) is 18.2 Å². The molecule has 0 N–H and O–H groups in total. The maximum absolute atomic E-state index is 12.8. The van der Waals surface area contributed by atoms with Gasteiger partial charge < -0.3 is 0 Å². The summed E-state index contributed by atoms with van der Waals surface area (Å²) in [6, 6.07) is 11.5. The third kappa shape index (κ3) is 3.42. The van der Waals surface area contributed by atoms with Gasteiger partial charge in [0.25, 0.3) is 5.69 Å². The molecule has 0 saturated carbocycles. The lowest BCUT2D eigenvalue weighted by atomic mass is 10.1. The van der Waals surface area contributed by atoms with Crippen molar-refractivity contribution in [3.05, 3.63) is 70.0 Å². The van der Waals surface area contributed by atoms with Gasteiger partial charge in [-0.05, 0) is 30.3 Å². The smallest absolute Gasteiger partial charge is 0.282 e.